The molecule has 0 radical (unpaired) electrons. The van der Waals surface area contributed by atoms with Gasteiger partial charge in [-0.2, -0.15) is 0 Å². The molecule has 0 bridgehead atoms. The molecule has 0 aromatic heterocycles. The fourth-order valence-corrected chi connectivity index (χ4v) is 5.31. The van der Waals surface area contributed by atoms with Crippen molar-refractivity contribution in [2.45, 2.75) is 96.9 Å². The van der Waals surface area contributed by atoms with Crippen LogP contribution in [0.5, 0.6) is 0 Å². The molecule has 1 spiro atoms. The predicted octanol–water partition coefficient (Wildman–Crippen LogP) is 0.898. The maximum atomic E-state index is 13.4. The van der Waals surface area contributed by atoms with E-state index >= 15 is 0 Å². The van der Waals surface area contributed by atoms with Gasteiger partial charge in [-0.15, -0.1) is 0 Å². The first-order valence-corrected chi connectivity index (χ1v) is 11.7. The second kappa shape index (κ2) is 8.70. The van der Waals surface area contributed by atoms with Gasteiger partial charge in [0.05, 0.1) is 12.1 Å². The number of nitrogens with one attached hydrogen (secondary N) is 1. The number of likely N-dealkylation sites (tertiary alicyclic amines) is 1. The van der Waals surface area contributed by atoms with Gasteiger partial charge in [-0.1, -0.05) is 53.4 Å². The average Bonchev–Trinajstić information content (AvgIpc) is 3.20. The van der Waals surface area contributed by atoms with Gasteiger partial charge in [0.15, 0.2) is 6.10 Å². The molecule has 3 unspecified atom stereocenters. The van der Waals surface area contributed by atoms with Crippen LogP contribution in [-0.2, 0) is 14.4 Å². The minimum atomic E-state index is -1.44. The summed E-state index contributed by atoms with van der Waals surface area (Å²) >= 11 is 0. The standard InChI is InChI=1S/C23H40N4O4/c1-5-14-10-23(14)11-16(27(12-23)21(31)18(24)22(2,3)4)20(30)26-15(17(28)19(25)29)9-13-7-6-8-13/h13-18,28H,5-12,24H2,1-4H3,(H2,25,29)(H,26,30)/t14?,15?,16-,17?,18+,23-/m0/s1. The molecule has 1 aliphatic heterocycles. The number of hydrogen-bond donors (Lipinski definition) is 4. The molecule has 8 nitrogen and oxygen atoms in total. The Balaban J connectivity index is 1.77. The Morgan fingerprint density at radius 1 is 1.23 bits per heavy atom. The third kappa shape index (κ3) is 4.90. The molecule has 176 valence electrons. The van der Waals surface area contributed by atoms with Crippen molar-refractivity contribution in [2.24, 2.45) is 34.1 Å². The van der Waals surface area contributed by atoms with Gasteiger partial charge in [0, 0.05) is 6.54 Å². The molecule has 1 saturated heterocycles. The third-order valence-electron chi connectivity index (χ3n) is 7.91. The van der Waals surface area contributed by atoms with Crippen molar-refractivity contribution >= 4 is 17.7 Å². The summed E-state index contributed by atoms with van der Waals surface area (Å²) in [7, 11) is 0. The molecule has 3 amide bonds. The molecule has 31 heavy (non-hydrogen) atoms. The highest BCUT2D eigenvalue weighted by molar-refractivity contribution is 5.91. The van der Waals surface area contributed by atoms with Gasteiger partial charge in [-0.25, -0.2) is 0 Å². The van der Waals surface area contributed by atoms with Crippen molar-refractivity contribution in [1.29, 1.82) is 0 Å². The fourth-order valence-electron chi connectivity index (χ4n) is 5.31. The molecule has 3 rings (SSSR count). The van der Waals surface area contributed by atoms with E-state index in [4.69, 9.17) is 11.5 Å². The highest BCUT2D eigenvalue weighted by Gasteiger charge is 2.61. The van der Waals surface area contributed by atoms with Crippen molar-refractivity contribution in [3.8, 4) is 0 Å². The van der Waals surface area contributed by atoms with E-state index in [0.717, 1.165) is 32.1 Å². The Kier molecular flexibility index (Phi) is 6.73. The lowest BCUT2D eigenvalue weighted by Crippen LogP contribution is -2.58. The Labute approximate surface area is 185 Å². The van der Waals surface area contributed by atoms with Crippen LogP contribution < -0.4 is 16.8 Å². The zero-order chi connectivity index (χ0) is 23.1. The van der Waals surface area contributed by atoms with Crippen LogP contribution in [0, 0.1) is 22.7 Å². The lowest BCUT2D eigenvalue weighted by Gasteiger charge is -2.35. The van der Waals surface area contributed by atoms with E-state index in [9.17, 15) is 19.5 Å². The quantitative estimate of drug-likeness (QED) is 0.448. The normalized spacial score (nSPS) is 31.1. The molecule has 3 aliphatic rings. The minimum Gasteiger partial charge on any atom is -0.381 e. The van der Waals surface area contributed by atoms with Gasteiger partial charge in [-0.3, -0.25) is 14.4 Å². The predicted molar refractivity (Wildman–Crippen MR) is 117 cm³/mol. The van der Waals surface area contributed by atoms with Crippen LogP contribution >= 0.6 is 0 Å². The van der Waals surface area contributed by atoms with E-state index in [0.29, 0.717) is 31.2 Å². The third-order valence-corrected chi connectivity index (χ3v) is 7.91. The summed E-state index contributed by atoms with van der Waals surface area (Å²) in [6.45, 7) is 8.43. The number of aliphatic hydroxyl groups excluding tert-OH is 1. The van der Waals surface area contributed by atoms with Gasteiger partial charge < -0.3 is 26.8 Å². The number of amides is 3. The van der Waals surface area contributed by atoms with E-state index in [1.54, 1.807) is 4.90 Å². The molecule has 0 aromatic rings. The number of carbonyl (C=O) groups is 3. The maximum Gasteiger partial charge on any atom is 0.248 e. The lowest BCUT2D eigenvalue weighted by atomic mass is 9.79. The van der Waals surface area contributed by atoms with Crippen molar-refractivity contribution in [3.05, 3.63) is 0 Å². The number of primary amides is 1. The Hall–Kier alpha value is -1.67. The van der Waals surface area contributed by atoms with Gasteiger partial charge in [0.25, 0.3) is 0 Å². The molecule has 3 fully saturated rings. The molecule has 0 aromatic carbocycles. The van der Waals surface area contributed by atoms with Gasteiger partial charge >= 0.3 is 0 Å². The summed E-state index contributed by atoms with van der Waals surface area (Å²) in [6.07, 6.45) is 4.87. The Morgan fingerprint density at radius 3 is 2.32 bits per heavy atom. The topological polar surface area (TPSA) is 139 Å². The number of nitrogens with zero attached hydrogens (tertiary/aromatic N) is 1. The van der Waals surface area contributed by atoms with E-state index in [1.165, 1.54) is 0 Å². The summed E-state index contributed by atoms with van der Waals surface area (Å²) in [5, 5.41) is 13.2. The second-order valence-corrected chi connectivity index (χ2v) is 11.2. The van der Waals surface area contributed by atoms with E-state index in [2.05, 4.69) is 12.2 Å². The zero-order valence-electron chi connectivity index (χ0n) is 19.4. The minimum absolute atomic E-state index is 0.0181. The first-order chi connectivity index (χ1) is 14.4. The van der Waals surface area contributed by atoms with Gasteiger partial charge in [0.1, 0.15) is 6.04 Å². The number of aliphatic hydroxyl groups is 1. The highest BCUT2D eigenvalue weighted by Crippen LogP contribution is 2.61. The largest absolute Gasteiger partial charge is 0.381 e. The van der Waals surface area contributed by atoms with Gasteiger partial charge in [-0.05, 0) is 41.9 Å². The van der Waals surface area contributed by atoms with Crippen LogP contribution in [0.1, 0.15) is 72.6 Å². The Morgan fingerprint density at radius 2 is 1.87 bits per heavy atom. The molecule has 1 heterocycles. The molecule has 2 aliphatic carbocycles. The zero-order valence-corrected chi connectivity index (χ0v) is 19.4. The fraction of sp³-hybridized carbons (Fsp3) is 0.870. The second-order valence-electron chi connectivity index (χ2n) is 11.2. The number of hydrogen-bond acceptors (Lipinski definition) is 5. The summed E-state index contributed by atoms with van der Waals surface area (Å²) in [4.78, 5) is 39.9. The maximum absolute atomic E-state index is 13.4. The van der Waals surface area contributed by atoms with Crippen molar-refractivity contribution < 1.29 is 19.5 Å². The van der Waals surface area contributed by atoms with Crippen molar-refractivity contribution in [3.63, 3.8) is 0 Å². The monoisotopic (exact) mass is 436 g/mol. The summed E-state index contributed by atoms with van der Waals surface area (Å²) in [5.41, 5.74) is 11.2. The van der Waals surface area contributed by atoms with Crippen LogP contribution in [0.3, 0.4) is 0 Å². The van der Waals surface area contributed by atoms with Crippen LogP contribution in [0.4, 0.5) is 0 Å². The number of nitrogens with two attached hydrogens (primary N) is 2. The molecule has 6 N–H and O–H groups in total. The van der Waals surface area contributed by atoms with Gasteiger partial charge in [0.2, 0.25) is 17.7 Å². The molecule has 8 heteroatoms. The summed E-state index contributed by atoms with van der Waals surface area (Å²) in [5.74, 6) is -0.499. The Bertz CT molecular complexity index is 717. The molecule has 2 saturated carbocycles. The lowest BCUT2D eigenvalue weighted by molar-refractivity contribution is -0.142. The SMILES string of the molecule is CCC1C[C@@]12C[C@@H](C(=O)NC(CC1CCC1)C(O)C(N)=O)N(C(=O)[C@@H](N)C(C)(C)C)C2. The molecular weight excluding hydrogens is 396 g/mol. The van der Waals surface area contributed by atoms with E-state index < -0.39 is 35.6 Å². The van der Waals surface area contributed by atoms with Crippen LogP contribution in [-0.4, -0.2) is 58.5 Å². The average molecular weight is 437 g/mol. The summed E-state index contributed by atoms with van der Waals surface area (Å²) < 4.78 is 0. The van der Waals surface area contributed by atoms with Crippen LogP contribution in [0.2, 0.25) is 0 Å². The van der Waals surface area contributed by atoms with Crippen LogP contribution in [0.15, 0.2) is 0 Å². The first kappa shape index (κ1) is 24.0. The van der Waals surface area contributed by atoms with Crippen molar-refractivity contribution in [1.82, 2.24) is 10.2 Å². The van der Waals surface area contributed by atoms with Crippen LogP contribution in [0.25, 0.3) is 0 Å². The molecular formula is C23H40N4O4. The number of rotatable bonds is 8. The first-order valence-electron chi connectivity index (χ1n) is 11.7. The number of carbonyl (C=O) groups excluding carboxylic acids is 3. The highest BCUT2D eigenvalue weighted by atomic mass is 16.3. The van der Waals surface area contributed by atoms with E-state index in [-0.39, 0.29) is 17.2 Å². The smallest absolute Gasteiger partial charge is 0.248 e. The molecule has 6 atom stereocenters. The van der Waals surface area contributed by atoms with E-state index in [1.807, 2.05) is 20.8 Å². The van der Waals surface area contributed by atoms with Crippen molar-refractivity contribution in [2.75, 3.05) is 6.54 Å². The summed E-state index contributed by atoms with van der Waals surface area (Å²) in [6, 6.07) is -2.08.